The number of rotatable bonds is 7. The van der Waals surface area contributed by atoms with Gasteiger partial charge < -0.3 is 16.4 Å². The van der Waals surface area contributed by atoms with Crippen molar-refractivity contribution in [2.45, 2.75) is 32.2 Å². The first-order valence-corrected chi connectivity index (χ1v) is 6.95. The summed E-state index contributed by atoms with van der Waals surface area (Å²) in [5.74, 6) is -0.00785. The van der Waals surface area contributed by atoms with Crippen molar-refractivity contribution < 1.29 is 9.59 Å². The zero-order chi connectivity index (χ0) is 15.0. The van der Waals surface area contributed by atoms with Crippen molar-refractivity contribution in [3.63, 3.8) is 0 Å². The van der Waals surface area contributed by atoms with E-state index in [4.69, 9.17) is 17.3 Å². The van der Waals surface area contributed by atoms with Crippen molar-refractivity contribution in [2.24, 2.45) is 5.73 Å². The van der Waals surface area contributed by atoms with E-state index in [9.17, 15) is 9.59 Å². The maximum Gasteiger partial charge on any atom is 0.312 e. The molecule has 3 amide bonds. The molecule has 0 radical (unpaired) electrons. The quantitative estimate of drug-likeness (QED) is 0.675. The third kappa shape index (κ3) is 6.43. The number of carbonyl (C=O) groups is 2. The van der Waals surface area contributed by atoms with Crippen LogP contribution in [-0.2, 0) is 4.79 Å². The maximum absolute atomic E-state index is 11.7. The summed E-state index contributed by atoms with van der Waals surface area (Å²) in [5, 5.41) is 6.08. The summed E-state index contributed by atoms with van der Waals surface area (Å²) >= 11 is 5.82. The molecule has 0 aliphatic heterocycles. The molecule has 0 aliphatic carbocycles. The number of hydrogen-bond donors (Lipinski definition) is 3. The summed E-state index contributed by atoms with van der Waals surface area (Å²) in [5.41, 5.74) is 5.95. The Hall–Kier alpha value is -1.75. The van der Waals surface area contributed by atoms with Crippen molar-refractivity contribution in [2.75, 3.05) is 6.54 Å². The molecule has 5 nitrogen and oxygen atoms in total. The summed E-state index contributed by atoms with van der Waals surface area (Å²) in [7, 11) is 0. The summed E-state index contributed by atoms with van der Waals surface area (Å²) in [4.78, 5) is 22.2. The van der Waals surface area contributed by atoms with E-state index in [1.54, 1.807) is 12.1 Å². The van der Waals surface area contributed by atoms with E-state index in [0.717, 1.165) is 12.0 Å². The fourth-order valence-corrected chi connectivity index (χ4v) is 1.90. The fraction of sp³-hybridized carbons (Fsp3) is 0.429. The highest BCUT2D eigenvalue weighted by Crippen LogP contribution is 2.16. The van der Waals surface area contributed by atoms with Gasteiger partial charge in [0.25, 0.3) is 0 Å². The SMILES string of the molecule is CC(NC(=O)CCCCNC(N)=O)c1ccc(Cl)cc1. The van der Waals surface area contributed by atoms with Crippen LogP contribution in [0, 0.1) is 0 Å². The van der Waals surface area contributed by atoms with Crippen molar-refractivity contribution in [3.8, 4) is 0 Å². The number of nitrogens with two attached hydrogens (primary N) is 1. The van der Waals surface area contributed by atoms with E-state index < -0.39 is 6.03 Å². The predicted molar refractivity (Wildman–Crippen MR) is 79.4 cm³/mol. The largest absolute Gasteiger partial charge is 0.352 e. The second-order valence-electron chi connectivity index (χ2n) is 4.59. The van der Waals surface area contributed by atoms with Gasteiger partial charge in [0.1, 0.15) is 0 Å². The number of urea groups is 1. The smallest absolute Gasteiger partial charge is 0.312 e. The zero-order valence-corrected chi connectivity index (χ0v) is 12.2. The monoisotopic (exact) mass is 297 g/mol. The normalized spacial score (nSPS) is 11.7. The summed E-state index contributed by atoms with van der Waals surface area (Å²) in [6, 6.07) is 6.80. The van der Waals surface area contributed by atoms with E-state index >= 15 is 0 Å². The van der Waals surface area contributed by atoms with Crippen LogP contribution in [0.2, 0.25) is 5.02 Å². The molecule has 1 rings (SSSR count). The lowest BCUT2D eigenvalue weighted by molar-refractivity contribution is -0.121. The second kappa shape index (κ2) is 8.43. The van der Waals surface area contributed by atoms with Crippen LogP contribution in [0.5, 0.6) is 0 Å². The standard InChI is InChI=1S/C14H20ClN3O2/c1-10(11-5-7-12(15)8-6-11)18-13(19)4-2-3-9-17-14(16)20/h5-8,10H,2-4,9H2,1H3,(H,18,19)(H3,16,17,20). The Balaban J connectivity index is 2.24. The average Bonchev–Trinajstić information content (AvgIpc) is 2.38. The minimum absolute atomic E-state index is 0.00785. The molecule has 1 aromatic carbocycles. The molecular formula is C14H20ClN3O2. The number of hydrogen-bond acceptors (Lipinski definition) is 2. The van der Waals surface area contributed by atoms with Gasteiger partial charge in [-0.3, -0.25) is 4.79 Å². The number of amides is 3. The molecule has 0 aromatic heterocycles. The molecule has 4 N–H and O–H groups in total. The van der Waals surface area contributed by atoms with Crippen LogP contribution in [-0.4, -0.2) is 18.5 Å². The molecule has 0 spiro atoms. The van der Waals surface area contributed by atoms with Crippen molar-refractivity contribution >= 4 is 23.5 Å². The predicted octanol–water partition coefficient (Wildman–Crippen LogP) is 2.36. The van der Waals surface area contributed by atoms with Gasteiger partial charge in [0.15, 0.2) is 0 Å². The van der Waals surface area contributed by atoms with Gasteiger partial charge in [0.2, 0.25) is 5.91 Å². The van der Waals surface area contributed by atoms with Gasteiger partial charge >= 0.3 is 6.03 Å². The number of carbonyl (C=O) groups excluding carboxylic acids is 2. The number of nitrogens with one attached hydrogen (secondary N) is 2. The van der Waals surface area contributed by atoms with Crippen LogP contribution in [0.25, 0.3) is 0 Å². The van der Waals surface area contributed by atoms with Crippen molar-refractivity contribution in [1.29, 1.82) is 0 Å². The Morgan fingerprint density at radius 3 is 2.50 bits per heavy atom. The van der Waals surface area contributed by atoms with E-state index in [1.807, 2.05) is 19.1 Å². The van der Waals surface area contributed by atoms with Crippen LogP contribution in [0.1, 0.15) is 37.8 Å². The lowest BCUT2D eigenvalue weighted by Gasteiger charge is -2.14. The number of benzene rings is 1. The van der Waals surface area contributed by atoms with Gasteiger partial charge in [-0.15, -0.1) is 0 Å². The Kier molecular flexibility index (Phi) is 6.87. The molecule has 6 heteroatoms. The Labute approximate surface area is 123 Å². The van der Waals surface area contributed by atoms with Gasteiger partial charge in [-0.1, -0.05) is 23.7 Å². The highest BCUT2D eigenvalue weighted by molar-refractivity contribution is 6.30. The first-order chi connectivity index (χ1) is 9.49. The molecule has 0 heterocycles. The molecule has 0 fully saturated rings. The molecule has 0 bridgehead atoms. The van der Waals surface area contributed by atoms with Crippen LogP contribution in [0.4, 0.5) is 4.79 Å². The fourth-order valence-electron chi connectivity index (χ4n) is 1.77. The van der Waals surface area contributed by atoms with Crippen LogP contribution in [0.15, 0.2) is 24.3 Å². The first-order valence-electron chi connectivity index (χ1n) is 6.57. The summed E-state index contributed by atoms with van der Waals surface area (Å²) in [6.07, 6.45) is 1.86. The van der Waals surface area contributed by atoms with Gasteiger partial charge in [-0.25, -0.2) is 4.79 Å². The lowest BCUT2D eigenvalue weighted by Crippen LogP contribution is -2.30. The van der Waals surface area contributed by atoms with E-state index in [2.05, 4.69) is 10.6 Å². The van der Waals surface area contributed by atoms with E-state index in [-0.39, 0.29) is 11.9 Å². The molecule has 110 valence electrons. The number of primary amides is 1. The minimum Gasteiger partial charge on any atom is -0.352 e. The molecule has 1 aromatic rings. The molecule has 0 aliphatic rings. The third-order valence-corrected chi connectivity index (χ3v) is 3.13. The lowest BCUT2D eigenvalue weighted by atomic mass is 10.1. The van der Waals surface area contributed by atoms with Crippen LogP contribution in [0.3, 0.4) is 0 Å². The first kappa shape index (κ1) is 16.3. The Morgan fingerprint density at radius 1 is 1.25 bits per heavy atom. The molecule has 1 unspecified atom stereocenters. The van der Waals surface area contributed by atoms with Gasteiger partial charge in [-0.2, -0.15) is 0 Å². The second-order valence-corrected chi connectivity index (χ2v) is 5.03. The van der Waals surface area contributed by atoms with E-state index in [1.165, 1.54) is 0 Å². The number of unbranched alkanes of at least 4 members (excludes halogenated alkanes) is 1. The van der Waals surface area contributed by atoms with Crippen LogP contribution >= 0.6 is 11.6 Å². The van der Waals surface area contributed by atoms with Crippen LogP contribution < -0.4 is 16.4 Å². The van der Waals surface area contributed by atoms with Gasteiger partial charge in [-0.05, 0) is 37.5 Å². The average molecular weight is 298 g/mol. The minimum atomic E-state index is -0.536. The Morgan fingerprint density at radius 2 is 1.90 bits per heavy atom. The topological polar surface area (TPSA) is 84.2 Å². The Bertz CT molecular complexity index is 448. The zero-order valence-electron chi connectivity index (χ0n) is 11.5. The molecular weight excluding hydrogens is 278 g/mol. The highest BCUT2D eigenvalue weighted by Gasteiger charge is 2.09. The van der Waals surface area contributed by atoms with Crippen molar-refractivity contribution in [1.82, 2.24) is 10.6 Å². The summed E-state index contributed by atoms with van der Waals surface area (Å²) in [6.45, 7) is 2.42. The third-order valence-electron chi connectivity index (χ3n) is 2.88. The van der Waals surface area contributed by atoms with Gasteiger partial charge in [0.05, 0.1) is 6.04 Å². The number of halogens is 1. The molecule has 20 heavy (non-hydrogen) atoms. The maximum atomic E-state index is 11.7. The van der Waals surface area contributed by atoms with E-state index in [0.29, 0.717) is 24.4 Å². The molecule has 1 atom stereocenters. The highest BCUT2D eigenvalue weighted by atomic mass is 35.5. The molecule has 0 saturated carbocycles. The van der Waals surface area contributed by atoms with Crippen molar-refractivity contribution in [3.05, 3.63) is 34.9 Å². The summed E-state index contributed by atoms with van der Waals surface area (Å²) < 4.78 is 0. The van der Waals surface area contributed by atoms with Gasteiger partial charge in [0, 0.05) is 18.0 Å². The molecule has 0 saturated heterocycles.